The summed E-state index contributed by atoms with van der Waals surface area (Å²) in [5, 5.41) is 1.93. The Balaban J connectivity index is 2.38. The van der Waals surface area contributed by atoms with Crippen LogP contribution in [0.15, 0.2) is 30.6 Å². The molecule has 80 valence electrons. The highest BCUT2D eigenvalue weighted by atomic mass is 35.5. The number of nitrogens with one attached hydrogen (secondary N) is 1. The fourth-order valence-electron chi connectivity index (χ4n) is 1.89. The van der Waals surface area contributed by atoms with E-state index in [0.717, 1.165) is 16.4 Å². The van der Waals surface area contributed by atoms with E-state index in [9.17, 15) is 0 Å². The van der Waals surface area contributed by atoms with Gasteiger partial charge >= 0.3 is 0 Å². The maximum absolute atomic E-state index is 6.04. The molecule has 0 spiro atoms. The van der Waals surface area contributed by atoms with Crippen molar-refractivity contribution in [1.82, 2.24) is 9.97 Å². The van der Waals surface area contributed by atoms with Crippen molar-refractivity contribution in [3.05, 3.63) is 40.5 Å². The first kappa shape index (κ1) is 9.87. The van der Waals surface area contributed by atoms with Gasteiger partial charge in [-0.2, -0.15) is 0 Å². The van der Waals surface area contributed by atoms with E-state index in [1.165, 1.54) is 15.0 Å². The molecule has 0 aliphatic heterocycles. The summed E-state index contributed by atoms with van der Waals surface area (Å²) >= 11 is 7.80. The van der Waals surface area contributed by atoms with E-state index in [0.29, 0.717) is 0 Å². The molecule has 0 atom stereocenters. The van der Waals surface area contributed by atoms with Crippen LogP contribution >= 0.6 is 22.9 Å². The fraction of sp³-hybridized carbons (Fsp3) is 0.0833. The topological polar surface area (TPSA) is 28.7 Å². The van der Waals surface area contributed by atoms with E-state index in [4.69, 9.17) is 11.6 Å². The Kier molecular flexibility index (Phi) is 2.23. The molecular weight excluding hydrogens is 240 g/mol. The molecule has 0 fully saturated rings. The van der Waals surface area contributed by atoms with Crippen molar-refractivity contribution in [2.24, 2.45) is 0 Å². The number of fused-ring (bicyclic) bond motifs is 1. The van der Waals surface area contributed by atoms with Crippen LogP contribution in [-0.2, 0) is 0 Å². The molecule has 0 aliphatic rings. The first-order valence-corrected chi connectivity index (χ1v) is 6.13. The van der Waals surface area contributed by atoms with Gasteiger partial charge in [0.1, 0.15) is 5.82 Å². The van der Waals surface area contributed by atoms with Crippen molar-refractivity contribution in [2.45, 2.75) is 6.92 Å². The summed E-state index contributed by atoms with van der Waals surface area (Å²) in [6, 6.07) is 5.98. The number of aromatic amines is 1. The van der Waals surface area contributed by atoms with Gasteiger partial charge in [-0.15, -0.1) is 11.3 Å². The lowest BCUT2D eigenvalue weighted by molar-refractivity contribution is 1.31. The Bertz CT molecular complexity index is 640. The number of aryl methyl sites for hydroxylation is 1. The Labute approximate surface area is 102 Å². The molecule has 2 nitrogen and oxygen atoms in total. The molecule has 0 unspecified atom stereocenters. The number of thiophene rings is 1. The Morgan fingerprint density at radius 3 is 3.00 bits per heavy atom. The molecule has 16 heavy (non-hydrogen) atoms. The fourth-order valence-corrected chi connectivity index (χ4v) is 3.11. The molecule has 2 heterocycles. The van der Waals surface area contributed by atoms with Crippen LogP contribution in [0.25, 0.3) is 21.5 Å². The number of benzene rings is 1. The third-order valence-electron chi connectivity index (χ3n) is 2.56. The van der Waals surface area contributed by atoms with E-state index in [1.807, 2.05) is 18.3 Å². The van der Waals surface area contributed by atoms with Crippen LogP contribution in [0.3, 0.4) is 0 Å². The van der Waals surface area contributed by atoms with Gasteiger partial charge in [0, 0.05) is 37.9 Å². The third-order valence-corrected chi connectivity index (χ3v) is 3.88. The summed E-state index contributed by atoms with van der Waals surface area (Å²) in [6.45, 7) is 2.11. The van der Waals surface area contributed by atoms with Crippen LogP contribution in [0.4, 0.5) is 0 Å². The Morgan fingerprint density at radius 1 is 1.38 bits per heavy atom. The predicted molar refractivity (Wildman–Crippen MR) is 69.2 cm³/mol. The van der Waals surface area contributed by atoms with E-state index in [-0.39, 0.29) is 0 Å². The average Bonchev–Trinajstić information content (AvgIpc) is 2.83. The van der Waals surface area contributed by atoms with Crippen LogP contribution in [-0.4, -0.2) is 9.97 Å². The zero-order chi connectivity index (χ0) is 11.1. The summed E-state index contributed by atoms with van der Waals surface area (Å²) in [7, 11) is 0. The van der Waals surface area contributed by atoms with E-state index in [2.05, 4.69) is 23.0 Å². The van der Waals surface area contributed by atoms with Gasteiger partial charge in [0.05, 0.1) is 0 Å². The Hall–Kier alpha value is -1.32. The second-order valence-electron chi connectivity index (χ2n) is 3.61. The van der Waals surface area contributed by atoms with Crippen LogP contribution in [0.5, 0.6) is 0 Å². The quantitative estimate of drug-likeness (QED) is 0.685. The number of hydrogen-bond acceptors (Lipinski definition) is 2. The SMILES string of the molecule is Cc1sc2ccc(Cl)cc2c1-c1ncc[nH]1. The van der Waals surface area contributed by atoms with Gasteiger partial charge in [-0.05, 0) is 25.1 Å². The van der Waals surface area contributed by atoms with Crippen LogP contribution in [0, 0.1) is 6.92 Å². The van der Waals surface area contributed by atoms with Gasteiger partial charge in [-0.1, -0.05) is 11.6 Å². The third kappa shape index (κ3) is 1.44. The minimum atomic E-state index is 0.762. The summed E-state index contributed by atoms with van der Waals surface area (Å²) in [6.07, 6.45) is 3.60. The van der Waals surface area contributed by atoms with Gasteiger partial charge in [0.25, 0.3) is 0 Å². The van der Waals surface area contributed by atoms with Crippen molar-refractivity contribution < 1.29 is 0 Å². The lowest BCUT2D eigenvalue weighted by Crippen LogP contribution is -1.80. The molecule has 0 radical (unpaired) electrons. The highest BCUT2D eigenvalue weighted by molar-refractivity contribution is 7.19. The number of imidazole rings is 1. The highest BCUT2D eigenvalue weighted by Gasteiger charge is 2.12. The van der Waals surface area contributed by atoms with Gasteiger partial charge in [0.2, 0.25) is 0 Å². The summed E-state index contributed by atoms with van der Waals surface area (Å²) in [5.74, 6) is 0.908. The minimum Gasteiger partial charge on any atom is -0.345 e. The Morgan fingerprint density at radius 2 is 2.25 bits per heavy atom. The molecule has 0 amide bonds. The molecular formula is C12H9ClN2S. The molecule has 3 rings (SSSR count). The van der Waals surface area contributed by atoms with Crippen molar-refractivity contribution in [3.63, 3.8) is 0 Å². The van der Waals surface area contributed by atoms with Crippen molar-refractivity contribution in [1.29, 1.82) is 0 Å². The van der Waals surface area contributed by atoms with Crippen molar-refractivity contribution >= 4 is 33.0 Å². The minimum absolute atomic E-state index is 0.762. The number of halogens is 1. The summed E-state index contributed by atoms with van der Waals surface area (Å²) < 4.78 is 1.24. The second kappa shape index (κ2) is 3.61. The van der Waals surface area contributed by atoms with Crippen molar-refractivity contribution in [2.75, 3.05) is 0 Å². The standard InChI is InChI=1S/C12H9ClN2S/c1-7-11(12-14-4-5-15-12)9-6-8(13)2-3-10(9)16-7/h2-6H,1H3,(H,14,15). The average molecular weight is 249 g/mol. The van der Waals surface area contributed by atoms with Gasteiger partial charge < -0.3 is 4.98 Å². The molecule has 0 saturated heterocycles. The molecule has 0 saturated carbocycles. The zero-order valence-electron chi connectivity index (χ0n) is 8.62. The molecule has 4 heteroatoms. The molecule has 0 bridgehead atoms. The van der Waals surface area contributed by atoms with Crippen LogP contribution in [0.1, 0.15) is 4.88 Å². The first-order chi connectivity index (χ1) is 7.75. The number of rotatable bonds is 1. The number of hydrogen-bond donors (Lipinski definition) is 1. The smallest absolute Gasteiger partial charge is 0.139 e. The summed E-state index contributed by atoms with van der Waals surface area (Å²) in [5.41, 5.74) is 1.16. The molecule has 3 aromatic rings. The number of H-pyrrole nitrogens is 1. The van der Waals surface area contributed by atoms with Gasteiger partial charge in [0.15, 0.2) is 0 Å². The van der Waals surface area contributed by atoms with Gasteiger partial charge in [-0.25, -0.2) is 4.98 Å². The normalized spacial score (nSPS) is 11.1. The summed E-state index contributed by atoms with van der Waals surface area (Å²) in [4.78, 5) is 8.71. The highest BCUT2D eigenvalue weighted by Crippen LogP contribution is 2.37. The van der Waals surface area contributed by atoms with Crippen LogP contribution in [0.2, 0.25) is 5.02 Å². The van der Waals surface area contributed by atoms with Crippen LogP contribution < -0.4 is 0 Å². The zero-order valence-corrected chi connectivity index (χ0v) is 10.2. The monoisotopic (exact) mass is 248 g/mol. The molecule has 2 aromatic heterocycles. The number of aromatic nitrogens is 2. The van der Waals surface area contributed by atoms with E-state index < -0.39 is 0 Å². The van der Waals surface area contributed by atoms with E-state index in [1.54, 1.807) is 17.5 Å². The lowest BCUT2D eigenvalue weighted by atomic mass is 10.1. The molecule has 0 aliphatic carbocycles. The molecule has 1 aromatic carbocycles. The van der Waals surface area contributed by atoms with E-state index >= 15 is 0 Å². The van der Waals surface area contributed by atoms with Gasteiger partial charge in [-0.3, -0.25) is 0 Å². The maximum Gasteiger partial charge on any atom is 0.139 e. The molecule has 1 N–H and O–H groups in total. The lowest BCUT2D eigenvalue weighted by Gasteiger charge is -1.97. The predicted octanol–water partition coefficient (Wildman–Crippen LogP) is 4.25. The second-order valence-corrected chi connectivity index (χ2v) is 5.30. The maximum atomic E-state index is 6.04. The number of nitrogens with zero attached hydrogens (tertiary/aromatic N) is 1. The van der Waals surface area contributed by atoms with Crippen molar-refractivity contribution in [3.8, 4) is 11.4 Å². The largest absolute Gasteiger partial charge is 0.345 e. The first-order valence-electron chi connectivity index (χ1n) is 4.94.